The van der Waals surface area contributed by atoms with Gasteiger partial charge in [-0.3, -0.25) is 4.90 Å². The number of benzene rings is 1. The summed E-state index contributed by atoms with van der Waals surface area (Å²) in [4.78, 5) is 2.27. The second kappa shape index (κ2) is 4.00. The zero-order valence-corrected chi connectivity index (χ0v) is 11.5. The molecule has 5 rings (SSSR count). The van der Waals surface area contributed by atoms with E-state index in [4.69, 9.17) is 9.47 Å². The second-order valence-electron chi connectivity index (χ2n) is 6.33. The van der Waals surface area contributed by atoms with Crippen LogP contribution in [0.1, 0.15) is 23.5 Å². The molecule has 0 aromatic heterocycles. The van der Waals surface area contributed by atoms with Crippen LogP contribution in [0.15, 0.2) is 23.8 Å². The van der Waals surface area contributed by atoms with Crippen molar-refractivity contribution in [2.24, 2.45) is 0 Å². The van der Waals surface area contributed by atoms with E-state index in [1.165, 1.54) is 16.7 Å². The molecule has 3 aliphatic heterocycles. The van der Waals surface area contributed by atoms with Gasteiger partial charge in [0.25, 0.3) is 0 Å². The van der Waals surface area contributed by atoms with E-state index in [0.29, 0.717) is 19.1 Å². The van der Waals surface area contributed by atoms with Gasteiger partial charge in [-0.25, -0.2) is 0 Å². The van der Waals surface area contributed by atoms with Gasteiger partial charge in [0.2, 0.25) is 6.79 Å². The zero-order chi connectivity index (χ0) is 14.1. The van der Waals surface area contributed by atoms with Gasteiger partial charge >= 0.3 is 0 Å². The van der Waals surface area contributed by atoms with Crippen molar-refractivity contribution in [1.29, 1.82) is 0 Å². The van der Waals surface area contributed by atoms with Crippen LogP contribution in [0, 0.1) is 0 Å². The largest absolute Gasteiger partial charge is 0.454 e. The molecular formula is C16H17NO4. The van der Waals surface area contributed by atoms with E-state index in [2.05, 4.69) is 23.1 Å². The lowest BCUT2D eigenvalue weighted by Gasteiger charge is -2.34. The van der Waals surface area contributed by atoms with Crippen LogP contribution in [-0.4, -0.2) is 46.7 Å². The summed E-state index contributed by atoms with van der Waals surface area (Å²) in [6.07, 6.45) is 1.31. The lowest BCUT2D eigenvalue weighted by molar-refractivity contribution is -0.0248. The number of aliphatic hydroxyl groups is 2. The first-order valence-corrected chi connectivity index (χ1v) is 7.45. The van der Waals surface area contributed by atoms with Crippen molar-refractivity contribution in [3.63, 3.8) is 0 Å². The van der Waals surface area contributed by atoms with Crippen LogP contribution in [0.4, 0.5) is 0 Å². The second-order valence-corrected chi connectivity index (χ2v) is 6.33. The molecule has 1 aliphatic carbocycles. The van der Waals surface area contributed by atoms with Gasteiger partial charge in [0.15, 0.2) is 11.5 Å². The molecule has 1 saturated heterocycles. The number of rotatable bonds is 0. The van der Waals surface area contributed by atoms with Crippen LogP contribution in [0.2, 0.25) is 0 Å². The molecule has 0 spiro atoms. The third kappa shape index (κ3) is 1.51. The quantitative estimate of drug-likeness (QED) is 0.690. The first-order valence-electron chi connectivity index (χ1n) is 7.45. The maximum absolute atomic E-state index is 10.4. The topological polar surface area (TPSA) is 62.2 Å². The summed E-state index contributed by atoms with van der Waals surface area (Å²) in [6.45, 7) is 1.99. The third-order valence-electron chi connectivity index (χ3n) is 5.25. The SMILES string of the molecule is O[C@H]1[C@H]2C(=CC[C@@H]1O)C1CN2Cc2cc3c(cc21)OCO3. The van der Waals surface area contributed by atoms with E-state index in [0.717, 1.165) is 24.6 Å². The highest BCUT2D eigenvalue weighted by molar-refractivity contribution is 5.54. The number of hydrogen-bond acceptors (Lipinski definition) is 5. The molecule has 4 aliphatic rings. The Morgan fingerprint density at radius 2 is 1.95 bits per heavy atom. The number of aliphatic hydroxyl groups excluding tert-OH is 2. The van der Waals surface area contributed by atoms with Gasteiger partial charge in [-0.05, 0) is 35.3 Å². The fraction of sp³-hybridized carbons (Fsp3) is 0.500. The van der Waals surface area contributed by atoms with E-state index in [1.807, 2.05) is 0 Å². The molecular weight excluding hydrogens is 270 g/mol. The molecule has 1 fully saturated rings. The van der Waals surface area contributed by atoms with Crippen LogP contribution in [0.5, 0.6) is 11.5 Å². The third-order valence-corrected chi connectivity index (χ3v) is 5.25. The molecule has 5 heteroatoms. The van der Waals surface area contributed by atoms with Crippen molar-refractivity contribution in [1.82, 2.24) is 4.90 Å². The maximum atomic E-state index is 10.4. The number of nitrogens with zero attached hydrogens (tertiary/aromatic N) is 1. The summed E-state index contributed by atoms with van der Waals surface area (Å²) in [6, 6.07) is 4.11. The highest BCUT2D eigenvalue weighted by Crippen LogP contribution is 2.49. The fourth-order valence-corrected chi connectivity index (χ4v) is 4.27. The van der Waals surface area contributed by atoms with Crippen molar-refractivity contribution in [2.75, 3.05) is 13.3 Å². The predicted molar refractivity (Wildman–Crippen MR) is 74.2 cm³/mol. The zero-order valence-electron chi connectivity index (χ0n) is 11.5. The Hall–Kier alpha value is -1.56. The van der Waals surface area contributed by atoms with Crippen LogP contribution in [0.25, 0.3) is 0 Å². The Bertz CT molecular complexity index is 656. The number of hydrogen-bond donors (Lipinski definition) is 2. The van der Waals surface area contributed by atoms with E-state index in [-0.39, 0.29) is 6.04 Å². The van der Waals surface area contributed by atoms with E-state index in [9.17, 15) is 10.2 Å². The minimum Gasteiger partial charge on any atom is -0.454 e. The smallest absolute Gasteiger partial charge is 0.231 e. The standard InChI is InChI=1S/C16H17NO4/c18-12-2-1-9-11-6-17(15(9)16(12)19)5-8-3-13-14(4-10(8)11)21-7-20-13/h1,3-4,11-12,15-16,18-19H,2,5-7H2/t11?,12-,15+,16+/m0/s1. The lowest BCUT2D eigenvalue weighted by Crippen LogP contribution is -2.47. The molecule has 2 unspecified atom stereocenters. The average Bonchev–Trinajstić information content (AvgIpc) is 3.04. The van der Waals surface area contributed by atoms with Crippen molar-refractivity contribution in [3.05, 3.63) is 34.9 Å². The molecule has 3 heterocycles. The maximum Gasteiger partial charge on any atom is 0.231 e. The van der Waals surface area contributed by atoms with Gasteiger partial charge in [-0.2, -0.15) is 0 Å². The van der Waals surface area contributed by atoms with Crippen molar-refractivity contribution in [3.8, 4) is 11.5 Å². The number of fused-ring (bicyclic) bond motifs is 8. The summed E-state index contributed by atoms with van der Waals surface area (Å²) in [7, 11) is 0. The molecule has 21 heavy (non-hydrogen) atoms. The molecule has 2 N–H and O–H groups in total. The molecule has 0 amide bonds. The van der Waals surface area contributed by atoms with Gasteiger partial charge in [0.1, 0.15) is 0 Å². The van der Waals surface area contributed by atoms with Gasteiger partial charge in [-0.15, -0.1) is 0 Å². The normalized spacial score (nSPS) is 38.8. The monoisotopic (exact) mass is 287 g/mol. The minimum atomic E-state index is -0.691. The van der Waals surface area contributed by atoms with Crippen molar-refractivity contribution in [2.45, 2.75) is 37.1 Å². The van der Waals surface area contributed by atoms with Crippen LogP contribution < -0.4 is 9.47 Å². The molecule has 5 nitrogen and oxygen atoms in total. The van der Waals surface area contributed by atoms with E-state index >= 15 is 0 Å². The van der Waals surface area contributed by atoms with Crippen LogP contribution >= 0.6 is 0 Å². The molecule has 110 valence electrons. The Kier molecular flexibility index (Phi) is 2.29. The van der Waals surface area contributed by atoms with E-state index < -0.39 is 12.2 Å². The summed E-state index contributed by atoms with van der Waals surface area (Å²) in [5, 5.41) is 20.3. The highest BCUT2D eigenvalue weighted by Gasteiger charge is 2.48. The fourth-order valence-electron chi connectivity index (χ4n) is 4.27. The molecule has 1 aromatic rings. The summed E-state index contributed by atoms with van der Waals surface area (Å²) < 4.78 is 11.0. The van der Waals surface area contributed by atoms with Crippen LogP contribution in [-0.2, 0) is 6.54 Å². The van der Waals surface area contributed by atoms with Gasteiger partial charge in [0, 0.05) is 19.0 Å². The first-order chi connectivity index (χ1) is 10.2. The van der Waals surface area contributed by atoms with E-state index in [1.54, 1.807) is 0 Å². The van der Waals surface area contributed by atoms with Crippen LogP contribution in [0.3, 0.4) is 0 Å². The Morgan fingerprint density at radius 3 is 2.81 bits per heavy atom. The molecule has 1 aromatic carbocycles. The Balaban J connectivity index is 1.63. The average molecular weight is 287 g/mol. The molecule has 0 radical (unpaired) electrons. The van der Waals surface area contributed by atoms with Crippen molar-refractivity contribution < 1.29 is 19.7 Å². The molecule has 0 saturated carbocycles. The predicted octanol–water partition coefficient (Wildman–Crippen LogP) is 0.749. The number of ether oxygens (including phenoxy) is 2. The Labute approximate surface area is 122 Å². The van der Waals surface area contributed by atoms with Gasteiger partial charge < -0.3 is 19.7 Å². The summed E-state index contributed by atoms with van der Waals surface area (Å²) in [5.74, 6) is 1.94. The van der Waals surface area contributed by atoms with Gasteiger partial charge in [-0.1, -0.05) is 6.08 Å². The Morgan fingerprint density at radius 1 is 1.14 bits per heavy atom. The van der Waals surface area contributed by atoms with Gasteiger partial charge in [0.05, 0.1) is 18.2 Å². The molecule has 5 atom stereocenters. The molecule has 2 bridgehead atoms. The summed E-state index contributed by atoms with van der Waals surface area (Å²) in [5.41, 5.74) is 3.78. The lowest BCUT2D eigenvalue weighted by atomic mass is 9.82. The summed E-state index contributed by atoms with van der Waals surface area (Å²) >= 11 is 0. The highest BCUT2D eigenvalue weighted by atomic mass is 16.7. The first kappa shape index (κ1) is 12.0. The minimum absolute atomic E-state index is 0.0529. The van der Waals surface area contributed by atoms with Crippen molar-refractivity contribution >= 4 is 0 Å².